The summed E-state index contributed by atoms with van der Waals surface area (Å²) >= 11 is 0. The van der Waals surface area contributed by atoms with E-state index in [1.807, 2.05) is 25.1 Å². The Bertz CT molecular complexity index is 1160. The van der Waals surface area contributed by atoms with Gasteiger partial charge in [-0.3, -0.25) is 18.9 Å². The number of aryl methyl sites for hydroxylation is 2. The summed E-state index contributed by atoms with van der Waals surface area (Å²) < 4.78 is 8.41. The minimum absolute atomic E-state index is 0.0831. The van der Waals surface area contributed by atoms with Gasteiger partial charge in [-0.25, -0.2) is 4.79 Å². The SMILES string of the molecule is Cc1ccc2c(c1)c(=O)n(C)c1nnc(COC(=O)c3ccn[nH]3)n21. The Morgan fingerprint density at radius 1 is 1.28 bits per heavy atom. The number of carbonyl (C=O) groups is 1. The largest absolute Gasteiger partial charge is 0.453 e. The lowest BCUT2D eigenvalue weighted by molar-refractivity contribution is 0.0454. The molecular formula is C16H14N6O3. The number of hydrogen-bond donors (Lipinski definition) is 1. The predicted octanol–water partition coefficient (Wildman–Crippen LogP) is 0.970. The molecule has 0 saturated heterocycles. The Hall–Kier alpha value is -3.49. The lowest BCUT2D eigenvalue weighted by Gasteiger charge is -2.08. The third kappa shape index (κ3) is 2.36. The smallest absolute Gasteiger partial charge is 0.356 e. The van der Waals surface area contributed by atoms with Crippen molar-refractivity contribution in [2.75, 3.05) is 0 Å². The van der Waals surface area contributed by atoms with Gasteiger partial charge in [0, 0.05) is 13.2 Å². The summed E-state index contributed by atoms with van der Waals surface area (Å²) in [5.74, 6) is 0.264. The van der Waals surface area contributed by atoms with Crippen LogP contribution >= 0.6 is 0 Å². The first-order chi connectivity index (χ1) is 12.1. The lowest BCUT2D eigenvalue weighted by atomic mass is 10.1. The maximum absolute atomic E-state index is 12.5. The van der Waals surface area contributed by atoms with E-state index in [1.54, 1.807) is 11.4 Å². The van der Waals surface area contributed by atoms with Crippen molar-refractivity contribution in [3.63, 3.8) is 0 Å². The predicted molar refractivity (Wildman–Crippen MR) is 88.2 cm³/mol. The van der Waals surface area contributed by atoms with Crippen LogP contribution in [-0.2, 0) is 18.4 Å². The van der Waals surface area contributed by atoms with Crippen molar-refractivity contribution < 1.29 is 9.53 Å². The highest BCUT2D eigenvalue weighted by Crippen LogP contribution is 2.16. The summed E-state index contributed by atoms with van der Waals surface area (Å²) in [7, 11) is 1.63. The van der Waals surface area contributed by atoms with E-state index in [2.05, 4.69) is 20.4 Å². The fourth-order valence-electron chi connectivity index (χ4n) is 2.73. The molecule has 4 aromatic rings. The number of nitrogens with one attached hydrogen (secondary N) is 1. The molecule has 126 valence electrons. The van der Waals surface area contributed by atoms with E-state index in [1.165, 1.54) is 16.8 Å². The molecule has 9 heteroatoms. The van der Waals surface area contributed by atoms with Gasteiger partial charge in [-0.15, -0.1) is 10.2 Å². The third-order valence-electron chi connectivity index (χ3n) is 3.99. The van der Waals surface area contributed by atoms with E-state index in [9.17, 15) is 9.59 Å². The molecule has 1 aromatic carbocycles. The molecule has 0 amide bonds. The number of esters is 1. The van der Waals surface area contributed by atoms with E-state index in [-0.39, 0.29) is 17.9 Å². The Morgan fingerprint density at radius 3 is 2.88 bits per heavy atom. The number of H-pyrrole nitrogens is 1. The van der Waals surface area contributed by atoms with Crippen LogP contribution in [-0.4, -0.2) is 35.3 Å². The Balaban J connectivity index is 1.81. The molecule has 0 spiro atoms. The van der Waals surface area contributed by atoms with Crippen LogP contribution in [0.15, 0.2) is 35.3 Å². The van der Waals surface area contributed by atoms with Gasteiger partial charge < -0.3 is 4.74 Å². The summed E-state index contributed by atoms with van der Waals surface area (Å²) in [6.07, 6.45) is 1.47. The van der Waals surface area contributed by atoms with Gasteiger partial charge in [0.05, 0.1) is 10.9 Å². The second-order valence-electron chi connectivity index (χ2n) is 5.68. The zero-order chi connectivity index (χ0) is 17.6. The molecule has 1 N–H and O–H groups in total. The molecule has 3 aromatic heterocycles. The summed E-state index contributed by atoms with van der Waals surface area (Å²) in [6, 6.07) is 7.08. The number of nitrogens with zero attached hydrogens (tertiary/aromatic N) is 5. The minimum atomic E-state index is -0.542. The van der Waals surface area contributed by atoms with Crippen molar-refractivity contribution in [1.29, 1.82) is 0 Å². The first-order valence-corrected chi connectivity index (χ1v) is 7.56. The molecule has 0 atom stereocenters. The molecule has 0 saturated carbocycles. The van der Waals surface area contributed by atoms with Gasteiger partial charge in [0.25, 0.3) is 5.56 Å². The van der Waals surface area contributed by atoms with Crippen molar-refractivity contribution >= 4 is 22.6 Å². The van der Waals surface area contributed by atoms with Crippen molar-refractivity contribution in [3.8, 4) is 0 Å². The molecule has 0 aliphatic rings. The van der Waals surface area contributed by atoms with Crippen LogP contribution < -0.4 is 5.56 Å². The van der Waals surface area contributed by atoms with E-state index >= 15 is 0 Å². The average Bonchev–Trinajstić information content (AvgIpc) is 3.27. The van der Waals surface area contributed by atoms with Gasteiger partial charge in [-0.2, -0.15) is 5.10 Å². The number of benzene rings is 1. The van der Waals surface area contributed by atoms with Crippen LogP contribution in [0.2, 0.25) is 0 Å². The normalized spacial score (nSPS) is 11.3. The van der Waals surface area contributed by atoms with Gasteiger partial charge in [0.15, 0.2) is 12.4 Å². The van der Waals surface area contributed by atoms with Crippen molar-refractivity contribution in [2.24, 2.45) is 7.05 Å². The number of ether oxygens (including phenoxy) is 1. The van der Waals surface area contributed by atoms with E-state index in [0.717, 1.165) is 5.56 Å². The van der Waals surface area contributed by atoms with Crippen LogP contribution in [0, 0.1) is 6.92 Å². The summed E-state index contributed by atoms with van der Waals surface area (Å²) in [4.78, 5) is 24.5. The highest BCUT2D eigenvalue weighted by molar-refractivity contribution is 5.87. The number of hydrogen-bond acceptors (Lipinski definition) is 6. The molecule has 0 fully saturated rings. The standard InChI is InChI=1S/C16H14N6O3/c1-9-3-4-12-10(7-9)14(23)21(2)16-20-19-13(22(12)16)8-25-15(24)11-5-6-17-18-11/h3-7H,8H2,1-2H3,(H,17,18). The van der Waals surface area contributed by atoms with Gasteiger partial charge in [-0.05, 0) is 25.1 Å². The molecule has 0 aliphatic heterocycles. The van der Waals surface area contributed by atoms with Crippen molar-refractivity contribution in [2.45, 2.75) is 13.5 Å². The highest BCUT2D eigenvalue weighted by Gasteiger charge is 2.17. The van der Waals surface area contributed by atoms with E-state index in [0.29, 0.717) is 22.5 Å². The number of rotatable bonds is 3. The fourth-order valence-corrected chi connectivity index (χ4v) is 2.73. The zero-order valence-corrected chi connectivity index (χ0v) is 13.6. The molecule has 9 nitrogen and oxygen atoms in total. The topological polar surface area (TPSA) is 107 Å². The Labute approximate surface area is 140 Å². The summed E-state index contributed by atoms with van der Waals surface area (Å²) in [6.45, 7) is 1.84. The van der Waals surface area contributed by atoms with Crippen LogP contribution in [0.3, 0.4) is 0 Å². The lowest BCUT2D eigenvalue weighted by Crippen LogP contribution is -2.20. The minimum Gasteiger partial charge on any atom is -0.453 e. The van der Waals surface area contributed by atoms with Gasteiger partial charge in [0.2, 0.25) is 5.78 Å². The van der Waals surface area contributed by atoms with E-state index < -0.39 is 5.97 Å². The van der Waals surface area contributed by atoms with Gasteiger partial charge >= 0.3 is 5.97 Å². The molecule has 0 bridgehead atoms. The Kier molecular flexibility index (Phi) is 3.34. The molecule has 25 heavy (non-hydrogen) atoms. The van der Waals surface area contributed by atoms with Gasteiger partial charge in [0.1, 0.15) is 5.69 Å². The summed E-state index contributed by atoms with van der Waals surface area (Å²) in [5.41, 5.74) is 1.74. The first-order valence-electron chi connectivity index (χ1n) is 7.56. The average molecular weight is 338 g/mol. The van der Waals surface area contributed by atoms with Crippen molar-refractivity contribution in [1.82, 2.24) is 29.4 Å². The van der Waals surface area contributed by atoms with Crippen molar-refractivity contribution in [3.05, 3.63) is 57.9 Å². The number of fused-ring (bicyclic) bond motifs is 3. The van der Waals surface area contributed by atoms with Crippen LogP contribution in [0.25, 0.3) is 16.7 Å². The quantitative estimate of drug-likeness (QED) is 0.558. The molecule has 3 heterocycles. The van der Waals surface area contributed by atoms with Crippen LogP contribution in [0.5, 0.6) is 0 Å². The number of aromatic nitrogens is 6. The number of aromatic amines is 1. The fraction of sp³-hybridized carbons (Fsp3) is 0.188. The van der Waals surface area contributed by atoms with E-state index in [4.69, 9.17) is 4.74 Å². The number of carbonyl (C=O) groups excluding carboxylic acids is 1. The molecule has 0 radical (unpaired) electrons. The van der Waals surface area contributed by atoms with Gasteiger partial charge in [-0.1, -0.05) is 11.6 Å². The highest BCUT2D eigenvalue weighted by atomic mass is 16.5. The van der Waals surface area contributed by atoms with Crippen LogP contribution in [0.1, 0.15) is 21.9 Å². The van der Waals surface area contributed by atoms with Crippen LogP contribution in [0.4, 0.5) is 0 Å². The molecule has 0 aliphatic carbocycles. The molecule has 0 unspecified atom stereocenters. The maximum Gasteiger partial charge on any atom is 0.356 e. The second kappa shape index (κ2) is 5.55. The molecular weight excluding hydrogens is 324 g/mol. The monoisotopic (exact) mass is 338 g/mol. The molecule has 4 rings (SSSR count). The third-order valence-corrected chi connectivity index (χ3v) is 3.99. The second-order valence-corrected chi connectivity index (χ2v) is 5.68. The first kappa shape index (κ1) is 15.1. The Morgan fingerprint density at radius 2 is 2.12 bits per heavy atom. The summed E-state index contributed by atoms with van der Waals surface area (Å²) in [5, 5.41) is 14.9. The maximum atomic E-state index is 12.5. The zero-order valence-electron chi connectivity index (χ0n) is 13.6.